The Morgan fingerprint density at radius 2 is 2.38 bits per heavy atom. The van der Waals surface area contributed by atoms with Crippen LogP contribution in [-0.2, 0) is 6.61 Å². The molecule has 4 nitrogen and oxygen atoms in total. The van der Waals surface area contributed by atoms with Crippen LogP contribution in [0, 0.1) is 0 Å². The summed E-state index contributed by atoms with van der Waals surface area (Å²) in [6.07, 6.45) is 1.71. The highest BCUT2D eigenvalue weighted by atomic mass is 32.1. The Morgan fingerprint density at radius 3 is 3.06 bits per heavy atom. The van der Waals surface area contributed by atoms with Gasteiger partial charge in [-0.2, -0.15) is 0 Å². The molecule has 82 valence electrons. The first-order valence-corrected chi connectivity index (χ1v) is 5.48. The van der Waals surface area contributed by atoms with Gasteiger partial charge in [0.15, 0.2) is 0 Å². The van der Waals surface area contributed by atoms with Crippen molar-refractivity contribution in [3.8, 4) is 5.75 Å². The molecule has 0 aliphatic rings. The van der Waals surface area contributed by atoms with Crippen LogP contribution >= 0.6 is 11.3 Å². The largest absolute Gasteiger partial charge is 0.486 e. The molecule has 0 amide bonds. The van der Waals surface area contributed by atoms with Gasteiger partial charge in [0, 0.05) is 11.6 Å². The van der Waals surface area contributed by atoms with Gasteiger partial charge in [-0.05, 0) is 18.2 Å². The molecule has 0 bridgehead atoms. The van der Waals surface area contributed by atoms with Crippen LogP contribution in [-0.4, -0.2) is 16.1 Å². The summed E-state index contributed by atoms with van der Waals surface area (Å²) in [5.41, 5.74) is 0.219. The summed E-state index contributed by atoms with van der Waals surface area (Å²) < 4.78 is 5.43. The van der Waals surface area contributed by atoms with Gasteiger partial charge in [-0.25, -0.2) is 9.78 Å². The first kappa shape index (κ1) is 10.6. The van der Waals surface area contributed by atoms with Crippen molar-refractivity contribution in [2.75, 3.05) is 0 Å². The molecule has 0 saturated heterocycles. The van der Waals surface area contributed by atoms with Gasteiger partial charge < -0.3 is 9.84 Å². The van der Waals surface area contributed by atoms with Crippen molar-refractivity contribution in [3.63, 3.8) is 0 Å². The van der Waals surface area contributed by atoms with Gasteiger partial charge in [-0.15, -0.1) is 11.3 Å². The average molecular weight is 235 g/mol. The average Bonchev–Trinajstić information content (AvgIpc) is 2.79. The molecule has 0 spiro atoms. The number of aromatic carboxylic acids is 1. The standard InChI is InChI=1S/C11H9NO3S/c13-11(14)8-2-1-3-9(6-8)15-7-10-12-4-5-16-10/h1-6H,7H2,(H,13,14). The molecule has 1 heterocycles. The second-order valence-corrected chi connectivity index (χ2v) is 4.03. The third kappa shape index (κ3) is 2.58. The lowest BCUT2D eigenvalue weighted by atomic mass is 10.2. The highest BCUT2D eigenvalue weighted by Crippen LogP contribution is 2.15. The number of carboxylic acids is 1. The highest BCUT2D eigenvalue weighted by Gasteiger charge is 2.04. The first-order valence-electron chi connectivity index (χ1n) is 4.60. The zero-order valence-corrected chi connectivity index (χ0v) is 9.11. The van der Waals surface area contributed by atoms with E-state index >= 15 is 0 Å². The van der Waals surface area contributed by atoms with Crippen molar-refractivity contribution in [2.45, 2.75) is 6.61 Å². The summed E-state index contributed by atoms with van der Waals surface area (Å²) in [5, 5.41) is 11.5. The Bertz CT molecular complexity index is 482. The number of hydrogen-bond acceptors (Lipinski definition) is 4. The van der Waals surface area contributed by atoms with E-state index in [1.807, 2.05) is 5.38 Å². The SMILES string of the molecule is O=C(O)c1cccc(OCc2nccs2)c1. The maximum absolute atomic E-state index is 10.7. The van der Waals surface area contributed by atoms with E-state index in [0.717, 1.165) is 5.01 Å². The summed E-state index contributed by atoms with van der Waals surface area (Å²) in [6.45, 7) is 0.362. The van der Waals surface area contributed by atoms with Gasteiger partial charge in [-0.1, -0.05) is 6.07 Å². The smallest absolute Gasteiger partial charge is 0.335 e. The van der Waals surface area contributed by atoms with E-state index in [-0.39, 0.29) is 5.56 Å². The molecule has 2 rings (SSSR count). The lowest BCUT2D eigenvalue weighted by Crippen LogP contribution is -1.98. The summed E-state index contributed by atoms with van der Waals surface area (Å²) in [4.78, 5) is 14.8. The van der Waals surface area contributed by atoms with E-state index in [1.165, 1.54) is 23.5 Å². The van der Waals surface area contributed by atoms with E-state index in [1.54, 1.807) is 18.3 Å². The maximum atomic E-state index is 10.7. The van der Waals surface area contributed by atoms with Crippen LogP contribution in [0.25, 0.3) is 0 Å². The topological polar surface area (TPSA) is 59.4 Å². The predicted molar refractivity (Wildman–Crippen MR) is 59.8 cm³/mol. The normalized spacial score (nSPS) is 10.0. The second kappa shape index (κ2) is 4.76. The molecule has 1 N–H and O–H groups in total. The molecular weight excluding hydrogens is 226 g/mol. The molecule has 1 aromatic heterocycles. The van der Waals surface area contributed by atoms with Crippen molar-refractivity contribution in [2.24, 2.45) is 0 Å². The van der Waals surface area contributed by atoms with E-state index in [9.17, 15) is 4.79 Å². The van der Waals surface area contributed by atoms with Crippen LogP contribution in [0.5, 0.6) is 5.75 Å². The third-order valence-electron chi connectivity index (χ3n) is 1.93. The molecule has 0 unspecified atom stereocenters. The number of aromatic nitrogens is 1. The van der Waals surface area contributed by atoms with Crippen LogP contribution in [0.4, 0.5) is 0 Å². The van der Waals surface area contributed by atoms with Crippen molar-refractivity contribution >= 4 is 17.3 Å². The van der Waals surface area contributed by atoms with E-state index < -0.39 is 5.97 Å². The third-order valence-corrected chi connectivity index (χ3v) is 2.68. The van der Waals surface area contributed by atoms with Crippen molar-refractivity contribution in [1.29, 1.82) is 0 Å². The number of carboxylic acid groups (broad SMARTS) is 1. The van der Waals surface area contributed by atoms with Gasteiger partial charge >= 0.3 is 5.97 Å². The molecule has 5 heteroatoms. The van der Waals surface area contributed by atoms with Crippen LogP contribution in [0.2, 0.25) is 0 Å². The zero-order chi connectivity index (χ0) is 11.4. The minimum absolute atomic E-state index is 0.219. The molecule has 0 fully saturated rings. The van der Waals surface area contributed by atoms with Crippen LogP contribution in [0.3, 0.4) is 0 Å². The molecule has 0 radical (unpaired) electrons. The number of carbonyl (C=O) groups is 1. The summed E-state index contributed by atoms with van der Waals surface area (Å²) in [5.74, 6) is -0.421. The van der Waals surface area contributed by atoms with E-state index in [4.69, 9.17) is 9.84 Å². The fourth-order valence-electron chi connectivity index (χ4n) is 1.19. The predicted octanol–water partition coefficient (Wildman–Crippen LogP) is 2.42. The van der Waals surface area contributed by atoms with Crippen molar-refractivity contribution < 1.29 is 14.6 Å². The van der Waals surface area contributed by atoms with Crippen LogP contribution in [0.1, 0.15) is 15.4 Å². The van der Waals surface area contributed by atoms with Gasteiger partial charge in [0.2, 0.25) is 0 Å². The summed E-state index contributed by atoms with van der Waals surface area (Å²) in [7, 11) is 0. The van der Waals surface area contributed by atoms with Gasteiger partial charge in [0.05, 0.1) is 5.56 Å². The quantitative estimate of drug-likeness (QED) is 0.884. The Balaban J connectivity index is 2.04. The van der Waals surface area contributed by atoms with Gasteiger partial charge in [0.25, 0.3) is 0 Å². The number of ether oxygens (including phenoxy) is 1. The lowest BCUT2D eigenvalue weighted by molar-refractivity contribution is 0.0696. The zero-order valence-electron chi connectivity index (χ0n) is 8.29. The molecule has 2 aromatic rings. The maximum Gasteiger partial charge on any atom is 0.335 e. The molecule has 1 aromatic carbocycles. The monoisotopic (exact) mass is 235 g/mol. The highest BCUT2D eigenvalue weighted by molar-refractivity contribution is 7.09. The Labute approximate surface area is 96.1 Å². The summed E-state index contributed by atoms with van der Waals surface area (Å²) in [6, 6.07) is 6.40. The molecule has 0 aliphatic carbocycles. The molecule has 0 atom stereocenters. The molecule has 16 heavy (non-hydrogen) atoms. The molecule has 0 aliphatic heterocycles. The molecular formula is C11H9NO3S. The second-order valence-electron chi connectivity index (χ2n) is 3.05. The van der Waals surface area contributed by atoms with E-state index in [0.29, 0.717) is 12.4 Å². The number of nitrogens with zero attached hydrogens (tertiary/aromatic N) is 1. The van der Waals surface area contributed by atoms with Crippen molar-refractivity contribution in [3.05, 3.63) is 46.4 Å². The fraction of sp³-hybridized carbons (Fsp3) is 0.0909. The number of thiazole rings is 1. The number of benzene rings is 1. The van der Waals surface area contributed by atoms with Crippen LogP contribution in [0.15, 0.2) is 35.8 Å². The minimum Gasteiger partial charge on any atom is -0.486 e. The molecule has 0 saturated carbocycles. The van der Waals surface area contributed by atoms with E-state index in [2.05, 4.69) is 4.98 Å². The Hall–Kier alpha value is -1.88. The van der Waals surface area contributed by atoms with Crippen LogP contribution < -0.4 is 4.74 Å². The Kier molecular flexibility index (Phi) is 3.16. The first-order chi connectivity index (χ1) is 7.75. The number of rotatable bonds is 4. The summed E-state index contributed by atoms with van der Waals surface area (Å²) >= 11 is 1.50. The Morgan fingerprint density at radius 1 is 1.50 bits per heavy atom. The number of hydrogen-bond donors (Lipinski definition) is 1. The van der Waals surface area contributed by atoms with Crippen molar-refractivity contribution in [1.82, 2.24) is 4.98 Å². The van der Waals surface area contributed by atoms with Gasteiger partial charge in [0.1, 0.15) is 17.4 Å². The lowest BCUT2D eigenvalue weighted by Gasteiger charge is -2.04. The minimum atomic E-state index is -0.959. The van der Waals surface area contributed by atoms with Gasteiger partial charge in [-0.3, -0.25) is 0 Å². The fourth-order valence-corrected chi connectivity index (χ4v) is 1.72.